The molecule has 0 aliphatic carbocycles. The lowest BCUT2D eigenvalue weighted by atomic mass is 9.96. The maximum atomic E-state index is 13.7. The molecule has 2 aromatic carbocycles. The monoisotopic (exact) mass is 558 g/mol. The third-order valence-corrected chi connectivity index (χ3v) is 8.16. The van der Waals surface area contributed by atoms with Crippen LogP contribution >= 0.6 is 11.3 Å². The van der Waals surface area contributed by atoms with Crippen LogP contribution in [0.3, 0.4) is 0 Å². The highest BCUT2D eigenvalue weighted by molar-refractivity contribution is 7.21. The topological polar surface area (TPSA) is 140 Å². The summed E-state index contributed by atoms with van der Waals surface area (Å²) < 4.78 is 16.5. The average molecular weight is 559 g/mol. The Kier molecular flexibility index (Phi) is 7.64. The first-order valence-electron chi connectivity index (χ1n) is 12.7. The SMILES string of the molecule is COc1cc(-c2c(C#N)c(N)nc3sc(C(=O)N4CCN(Cc5ccccc5)CC4)c(N)c23)cc(OC)c1OC. The Bertz CT molecular complexity index is 1580. The molecule has 0 saturated carbocycles. The second-order valence-electron chi connectivity index (χ2n) is 9.35. The predicted octanol–water partition coefficient (Wildman–Crippen LogP) is 3.98. The number of hydrogen-bond donors (Lipinski definition) is 2. The standard InChI is InChI=1S/C29H30N6O4S/c1-37-20-13-18(14-21(38-2)25(20)39-3)22-19(15-30)27(32)33-28-23(22)24(31)26(40-28)29(36)35-11-9-34(10-12-35)16-17-7-5-4-6-8-17/h4-8,13-14H,9-12,16,31H2,1-3H3,(H2,32,33). The molecular formula is C29H30N6O4S. The molecule has 0 radical (unpaired) electrons. The van der Waals surface area contributed by atoms with Crippen LogP contribution in [0.25, 0.3) is 21.3 Å². The maximum absolute atomic E-state index is 13.7. The fraction of sp³-hybridized carbons (Fsp3) is 0.276. The summed E-state index contributed by atoms with van der Waals surface area (Å²) in [4.78, 5) is 23.1. The molecule has 10 nitrogen and oxygen atoms in total. The normalized spacial score (nSPS) is 13.7. The van der Waals surface area contributed by atoms with Gasteiger partial charge in [-0.05, 0) is 23.3 Å². The Balaban J connectivity index is 1.52. The van der Waals surface area contributed by atoms with Gasteiger partial charge in [-0.1, -0.05) is 30.3 Å². The molecule has 40 heavy (non-hydrogen) atoms. The van der Waals surface area contributed by atoms with E-state index in [1.165, 1.54) is 38.2 Å². The number of ether oxygens (including phenoxy) is 3. The largest absolute Gasteiger partial charge is 0.493 e. The van der Waals surface area contributed by atoms with E-state index in [4.69, 9.17) is 25.7 Å². The van der Waals surface area contributed by atoms with Crippen LogP contribution in [0.5, 0.6) is 17.2 Å². The van der Waals surface area contributed by atoms with Crippen molar-refractivity contribution in [2.75, 3.05) is 59.0 Å². The summed E-state index contributed by atoms with van der Waals surface area (Å²) in [5.41, 5.74) is 15.6. The molecule has 5 rings (SSSR count). The van der Waals surface area contributed by atoms with Gasteiger partial charge in [0.25, 0.3) is 5.91 Å². The van der Waals surface area contributed by atoms with E-state index in [0.717, 1.165) is 19.6 Å². The molecule has 1 fully saturated rings. The Hall–Kier alpha value is -4.53. The van der Waals surface area contributed by atoms with E-state index in [1.54, 1.807) is 12.1 Å². The molecule has 1 saturated heterocycles. The van der Waals surface area contributed by atoms with E-state index >= 15 is 0 Å². The zero-order valence-electron chi connectivity index (χ0n) is 22.6. The van der Waals surface area contributed by atoms with Gasteiger partial charge >= 0.3 is 0 Å². The molecule has 1 aliphatic heterocycles. The number of fused-ring (bicyclic) bond motifs is 1. The number of benzene rings is 2. The third kappa shape index (κ3) is 4.83. The fourth-order valence-corrected chi connectivity index (χ4v) is 6.13. The van der Waals surface area contributed by atoms with E-state index in [2.05, 4.69) is 28.1 Å². The number of pyridine rings is 1. The smallest absolute Gasteiger partial charge is 0.266 e. The molecule has 2 aromatic heterocycles. The molecule has 0 atom stereocenters. The number of nitrogens with zero attached hydrogens (tertiary/aromatic N) is 4. The van der Waals surface area contributed by atoms with Gasteiger partial charge in [0, 0.05) is 43.7 Å². The Morgan fingerprint density at radius 3 is 2.25 bits per heavy atom. The number of anilines is 2. The zero-order chi connectivity index (χ0) is 28.4. The number of rotatable bonds is 7. The minimum Gasteiger partial charge on any atom is -0.493 e. The van der Waals surface area contributed by atoms with Gasteiger partial charge in [0.2, 0.25) is 5.75 Å². The second-order valence-corrected chi connectivity index (χ2v) is 10.4. The van der Waals surface area contributed by atoms with Crippen molar-refractivity contribution in [3.63, 3.8) is 0 Å². The van der Waals surface area contributed by atoms with Crippen LogP contribution in [0.1, 0.15) is 20.8 Å². The van der Waals surface area contributed by atoms with E-state index < -0.39 is 0 Å². The van der Waals surface area contributed by atoms with Gasteiger partial charge in [0.05, 0.1) is 27.0 Å². The highest BCUT2D eigenvalue weighted by atomic mass is 32.1. The minimum atomic E-state index is -0.159. The van der Waals surface area contributed by atoms with Crippen molar-refractivity contribution >= 4 is 39.0 Å². The Morgan fingerprint density at radius 1 is 1.02 bits per heavy atom. The molecule has 4 N–H and O–H groups in total. The van der Waals surface area contributed by atoms with Crippen molar-refractivity contribution in [2.45, 2.75) is 6.54 Å². The molecule has 1 amide bonds. The van der Waals surface area contributed by atoms with Crippen molar-refractivity contribution < 1.29 is 19.0 Å². The van der Waals surface area contributed by atoms with Crippen LogP contribution in [0, 0.1) is 11.3 Å². The lowest BCUT2D eigenvalue weighted by Crippen LogP contribution is -2.48. The quantitative estimate of drug-likeness (QED) is 0.345. The average Bonchev–Trinajstić information content (AvgIpc) is 3.31. The number of nitriles is 1. The first kappa shape index (κ1) is 27.1. The van der Waals surface area contributed by atoms with Gasteiger partial charge in [-0.15, -0.1) is 11.3 Å². The van der Waals surface area contributed by atoms with Crippen molar-refractivity contribution in [2.24, 2.45) is 0 Å². The van der Waals surface area contributed by atoms with Crippen molar-refractivity contribution in [3.8, 4) is 34.4 Å². The van der Waals surface area contributed by atoms with Crippen LogP contribution in [0.2, 0.25) is 0 Å². The van der Waals surface area contributed by atoms with Gasteiger partial charge < -0.3 is 30.6 Å². The number of piperazine rings is 1. The Morgan fingerprint density at radius 2 is 1.68 bits per heavy atom. The number of nitrogens with two attached hydrogens (primary N) is 2. The van der Waals surface area contributed by atoms with Crippen LogP contribution < -0.4 is 25.7 Å². The van der Waals surface area contributed by atoms with Crippen molar-refractivity contribution in [1.29, 1.82) is 5.26 Å². The predicted molar refractivity (Wildman–Crippen MR) is 156 cm³/mol. The number of carbonyl (C=O) groups is 1. The van der Waals surface area contributed by atoms with Crippen LogP contribution in [0.4, 0.5) is 11.5 Å². The molecule has 0 bridgehead atoms. The van der Waals surface area contributed by atoms with Gasteiger partial charge in [0.15, 0.2) is 11.5 Å². The summed E-state index contributed by atoms with van der Waals surface area (Å²) in [5, 5.41) is 10.5. The Labute approximate surface area is 236 Å². The summed E-state index contributed by atoms with van der Waals surface area (Å²) in [6.45, 7) is 3.51. The molecule has 1 aliphatic rings. The van der Waals surface area contributed by atoms with E-state index in [9.17, 15) is 10.1 Å². The summed E-state index contributed by atoms with van der Waals surface area (Å²) in [5.74, 6) is 1.11. The summed E-state index contributed by atoms with van der Waals surface area (Å²) in [7, 11) is 4.54. The highest BCUT2D eigenvalue weighted by Gasteiger charge is 2.29. The van der Waals surface area contributed by atoms with E-state index in [-0.39, 0.29) is 23.0 Å². The number of thiophene rings is 1. The van der Waals surface area contributed by atoms with Gasteiger partial charge in [-0.3, -0.25) is 9.69 Å². The van der Waals surface area contributed by atoms with Crippen LogP contribution in [0.15, 0.2) is 42.5 Å². The summed E-state index contributed by atoms with van der Waals surface area (Å²) in [6.07, 6.45) is 0. The summed E-state index contributed by atoms with van der Waals surface area (Å²) in [6, 6.07) is 15.9. The second kappa shape index (κ2) is 11.3. The number of carbonyl (C=O) groups excluding carboxylic acids is 1. The molecule has 11 heteroatoms. The third-order valence-electron chi connectivity index (χ3n) is 7.07. The molecular weight excluding hydrogens is 528 g/mol. The highest BCUT2D eigenvalue weighted by Crippen LogP contribution is 2.47. The van der Waals surface area contributed by atoms with E-state index in [0.29, 0.717) is 56.6 Å². The zero-order valence-corrected chi connectivity index (χ0v) is 23.4. The van der Waals surface area contributed by atoms with Crippen LogP contribution in [-0.2, 0) is 6.54 Å². The number of methoxy groups -OCH3 is 3. The maximum Gasteiger partial charge on any atom is 0.266 e. The first-order chi connectivity index (χ1) is 19.4. The minimum absolute atomic E-state index is 0.0496. The van der Waals surface area contributed by atoms with Gasteiger partial charge in [-0.2, -0.15) is 5.26 Å². The van der Waals surface area contributed by atoms with Crippen LogP contribution in [-0.4, -0.2) is 68.2 Å². The molecule has 0 spiro atoms. The molecule has 206 valence electrons. The summed E-state index contributed by atoms with van der Waals surface area (Å²) >= 11 is 1.18. The lowest BCUT2D eigenvalue weighted by Gasteiger charge is -2.34. The molecule has 0 unspecified atom stereocenters. The van der Waals surface area contributed by atoms with Crippen molar-refractivity contribution in [1.82, 2.24) is 14.8 Å². The number of nitrogen functional groups attached to an aromatic ring is 2. The lowest BCUT2D eigenvalue weighted by molar-refractivity contribution is 0.0634. The van der Waals surface area contributed by atoms with E-state index in [1.807, 2.05) is 23.1 Å². The van der Waals surface area contributed by atoms with Gasteiger partial charge in [0.1, 0.15) is 27.2 Å². The number of aromatic nitrogens is 1. The number of hydrogen-bond acceptors (Lipinski definition) is 10. The first-order valence-corrected chi connectivity index (χ1v) is 13.5. The molecule has 3 heterocycles. The molecule has 4 aromatic rings. The number of amides is 1. The fourth-order valence-electron chi connectivity index (χ4n) is 5.05. The van der Waals surface area contributed by atoms with Gasteiger partial charge in [-0.25, -0.2) is 4.98 Å². The van der Waals surface area contributed by atoms with Crippen molar-refractivity contribution in [3.05, 3.63) is 58.5 Å².